The van der Waals surface area contributed by atoms with E-state index in [2.05, 4.69) is 24.4 Å². The molecular formula is C18H19ClFNO2. The van der Waals surface area contributed by atoms with Crippen molar-refractivity contribution in [2.45, 2.75) is 19.3 Å². The van der Waals surface area contributed by atoms with Crippen molar-refractivity contribution in [3.05, 3.63) is 64.9 Å². The third-order valence-electron chi connectivity index (χ3n) is 3.57. The second kappa shape index (κ2) is 8.53. The molecule has 0 bridgehead atoms. The van der Waals surface area contributed by atoms with Gasteiger partial charge >= 0.3 is 0 Å². The van der Waals surface area contributed by atoms with Crippen LogP contribution in [0.25, 0.3) is 0 Å². The van der Waals surface area contributed by atoms with Gasteiger partial charge in [-0.2, -0.15) is 0 Å². The number of carbonyl (C=O) groups excluding carboxylic acids is 1. The summed E-state index contributed by atoms with van der Waals surface area (Å²) in [6.45, 7) is 2.50. The van der Waals surface area contributed by atoms with Crippen LogP contribution in [0.15, 0.2) is 48.5 Å². The summed E-state index contributed by atoms with van der Waals surface area (Å²) in [6, 6.07) is 14.0. The van der Waals surface area contributed by atoms with Gasteiger partial charge in [0.15, 0.2) is 6.61 Å². The summed E-state index contributed by atoms with van der Waals surface area (Å²) in [5.41, 5.74) is 1.20. The molecule has 122 valence electrons. The lowest BCUT2D eigenvalue weighted by Crippen LogP contribution is -2.32. The monoisotopic (exact) mass is 335 g/mol. The third-order valence-corrected chi connectivity index (χ3v) is 3.86. The zero-order chi connectivity index (χ0) is 16.7. The number of hydrogen-bond acceptors (Lipinski definition) is 2. The topological polar surface area (TPSA) is 38.3 Å². The first kappa shape index (κ1) is 17.3. The molecule has 0 saturated carbocycles. The lowest BCUT2D eigenvalue weighted by molar-refractivity contribution is -0.123. The molecule has 0 saturated heterocycles. The molecule has 1 unspecified atom stereocenters. The van der Waals surface area contributed by atoms with Crippen LogP contribution in [0.3, 0.4) is 0 Å². The van der Waals surface area contributed by atoms with Gasteiger partial charge in [-0.3, -0.25) is 4.79 Å². The van der Waals surface area contributed by atoms with E-state index in [-0.39, 0.29) is 23.5 Å². The Hall–Kier alpha value is -2.07. The smallest absolute Gasteiger partial charge is 0.257 e. The molecule has 23 heavy (non-hydrogen) atoms. The molecule has 1 amide bonds. The second-order valence-corrected chi connectivity index (χ2v) is 5.59. The molecule has 1 atom stereocenters. The van der Waals surface area contributed by atoms with E-state index in [9.17, 15) is 9.18 Å². The van der Waals surface area contributed by atoms with Crippen LogP contribution in [-0.4, -0.2) is 19.1 Å². The van der Waals surface area contributed by atoms with Gasteiger partial charge in [0.1, 0.15) is 11.6 Å². The van der Waals surface area contributed by atoms with Crippen molar-refractivity contribution in [2.75, 3.05) is 13.2 Å². The first-order valence-corrected chi connectivity index (χ1v) is 7.87. The summed E-state index contributed by atoms with van der Waals surface area (Å²) in [5.74, 6) is -0.112. The quantitative estimate of drug-likeness (QED) is 0.824. The van der Waals surface area contributed by atoms with Gasteiger partial charge in [-0.05, 0) is 24.1 Å². The van der Waals surface area contributed by atoms with Gasteiger partial charge in [-0.25, -0.2) is 4.39 Å². The Balaban J connectivity index is 1.81. The minimum atomic E-state index is -0.517. The van der Waals surface area contributed by atoms with Crippen molar-refractivity contribution in [2.24, 2.45) is 0 Å². The van der Waals surface area contributed by atoms with Crippen LogP contribution in [0.4, 0.5) is 4.39 Å². The van der Waals surface area contributed by atoms with Crippen LogP contribution in [-0.2, 0) is 4.79 Å². The molecule has 0 aromatic heterocycles. The second-order valence-electron chi connectivity index (χ2n) is 5.18. The fourth-order valence-electron chi connectivity index (χ4n) is 2.23. The van der Waals surface area contributed by atoms with E-state index in [4.69, 9.17) is 16.3 Å². The predicted octanol–water partition coefficient (Wildman–Crippen LogP) is 4.17. The van der Waals surface area contributed by atoms with Crippen molar-refractivity contribution in [3.8, 4) is 5.75 Å². The van der Waals surface area contributed by atoms with E-state index in [0.29, 0.717) is 12.3 Å². The molecule has 2 aromatic rings. The Kier molecular flexibility index (Phi) is 6.41. The van der Waals surface area contributed by atoms with Crippen molar-refractivity contribution in [1.29, 1.82) is 0 Å². The van der Waals surface area contributed by atoms with Gasteiger partial charge in [0.2, 0.25) is 0 Å². The summed E-state index contributed by atoms with van der Waals surface area (Å²) in [4.78, 5) is 11.9. The summed E-state index contributed by atoms with van der Waals surface area (Å²) in [7, 11) is 0. The number of nitrogens with one attached hydrogen (secondary N) is 1. The van der Waals surface area contributed by atoms with Crippen LogP contribution in [0, 0.1) is 5.82 Å². The van der Waals surface area contributed by atoms with Crippen LogP contribution in [0.5, 0.6) is 5.75 Å². The number of ether oxygens (including phenoxy) is 1. The van der Waals surface area contributed by atoms with E-state index >= 15 is 0 Å². The Morgan fingerprint density at radius 2 is 2.00 bits per heavy atom. The van der Waals surface area contributed by atoms with E-state index in [1.807, 2.05) is 18.2 Å². The zero-order valence-electron chi connectivity index (χ0n) is 12.9. The van der Waals surface area contributed by atoms with E-state index < -0.39 is 5.82 Å². The molecule has 0 radical (unpaired) electrons. The largest absolute Gasteiger partial charge is 0.484 e. The number of hydrogen-bond donors (Lipinski definition) is 1. The molecule has 0 heterocycles. The van der Waals surface area contributed by atoms with Gasteiger partial charge in [-0.15, -0.1) is 0 Å². The SMILES string of the molecule is CCC(CNC(=O)COc1ccc(F)c(Cl)c1)c1ccccc1. The van der Waals surface area contributed by atoms with Crippen LogP contribution >= 0.6 is 11.6 Å². The van der Waals surface area contributed by atoms with Crippen LogP contribution < -0.4 is 10.1 Å². The molecule has 0 fully saturated rings. The average Bonchev–Trinajstić information content (AvgIpc) is 2.57. The van der Waals surface area contributed by atoms with Gasteiger partial charge in [0, 0.05) is 18.5 Å². The molecule has 5 heteroatoms. The molecular weight excluding hydrogens is 317 g/mol. The summed E-state index contributed by atoms with van der Waals surface area (Å²) in [5, 5.41) is 2.83. The predicted molar refractivity (Wildman–Crippen MR) is 89.4 cm³/mol. The number of carbonyl (C=O) groups is 1. The van der Waals surface area contributed by atoms with Gasteiger partial charge in [0.05, 0.1) is 5.02 Å². The van der Waals surface area contributed by atoms with Gasteiger partial charge < -0.3 is 10.1 Å². The van der Waals surface area contributed by atoms with Gasteiger partial charge in [0.25, 0.3) is 5.91 Å². The number of benzene rings is 2. The molecule has 0 aliphatic heterocycles. The van der Waals surface area contributed by atoms with Crippen LogP contribution in [0.2, 0.25) is 5.02 Å². The highest BCUT2D eigenvalue weighted by molar-refractivity contribution is 6.30. The Labute approximate surface area is 140 Å². The molecule has 1 N–H and O–H groups in total. The van der Waals surface area contributed by atoms with E-state index in [1.54, 1.807) is 0 Å². The fourth-order valence-corrected chi connectivity index (χ4v) is 2.40. The molecule has 2 aromatic carbocycles. The van der Waals surface area contributed by atoms with E-state index in [0.717, 1.165) is 6.42 Å². The van der Waals surface area contributed by atoms with E-state index in [1.165, 1.54) is 23.8 Å². The number of amides is 1. The first-order chi connectivity index (χ1) is 11.1. The van der Waals surface area contributed by atoms with Gasteiger partial charge in [-0.1, -0.05) is 48.9 Å². The molecule has 3 nitrogen and oxygen atoms in total. The van der Waals surface area contributed by atoms with Crippen LogP contribution in [0.1, 0.15) is 24.8 Å². The first-order valence-electron chi connectivity index (χ1n) is 7.49. The summed E-state index contributed by atoms with van der Waals surface area (Å²) in [6.07, 6.45) is 0.929. The Morgan fingerprint density at radius 1 is 1.26 bits per heavy atom. The van der Waals surface area contributed by atoms with Crippen molar-refractivity contribution < 1.29 is 13.9 Å². The number of halogens is 2. The third kappa shape index (κ3) is 5.25. The maximum atomic E-state index is 13.0. The zero-order valence-corrected chi connectivity index (χ0v) is 13.6. The maximum absolute atomic E-state index is 13.0. The maximum Gasteiger partial charge on any atom is 0.257 e. The Morgan fingerprint density at radius 3 is 2.65 bits per heavy atom. The average molecular weight is 336 g/mol. The normalized spacial score (nSPS) is 11.8. The lowest BCUT2D eigenvalue weighted by atomic mass is 9.96. The molecule has 0 aliphatic rings. The minimum absolute atomic E-state index is 0.0296. The molecule has 0 spiro atoms. The lowest BCUT2D eigenvalue weighted by Gasteiger charge is -2.16. The number of rotatable bonds is 7. The van der Waals surface area contributed by atoms with Crippen molar-refractivity contribution in [1.82, 2.24) is 5.32 Å². The highest BCUT2D eigenvalue weighted by atomic mass is 35.5. The summed E-state index contributed by atoms with van der Waals surface area (Å²) < 4.78 is 18.4. The standard InChI is InChI=1S/C18H19ClFNO2/c1-2-13(14-6-4-3-5-7-14)11-21-18(22)12-23-15-8-9-17(20)16(19)10-15/h3-10,13H,2,11-12H2,1H3,(H,21,22). The fraction of sp³-hybridized carbons (Fsp3) is 0.278. The minimum Gasteiger partial charge on any atom is -0.484 e. The molecule has 2 rings (SSSR count). The highest BCUT2D eigenvalue weighted by Crippen LogP contribution is 2.21. The highest BCUT2D eigenvalue weighted by Gasteiger charge is 2.11. The molecule has 0 aliphatic carbocycles. The Bertz CT molecular complexity index is 649. The van der Waals surface area contributed by atoms with Crippen molar-refractivity contribution >= 4 is 17.5 Å². The summed E-state index contributed by atoms with van der Waals surface area (Å²) >= 11 is 5.66. The van der Waals surface area contributed by atoms with Crippen molar-refractivity contribution in [3.63, 3.8) is 0 Å².